The molecule has 0 radical (unpaired) electrons. The minimum Gasteiger partial charge on any atom is -0.437 e. The molecule has 132 valence electrons. The highest BCUT2D eigenvalue weighted by Gasteiger charge is 2.59. The average Bonchev–Trinajstić information content (AvgIpc) is 2.45. The lowest BCUT2D eigenvalue weighted by Gasteiger charge is -2.53. The molecule has 0 bridgehead atoms. The van der Waals surface area contributed by atoms with E-state index in [9.17, 15) is 9.59 Å². The van der Waals surface area contributed by atoms with E-state index >= 15 is 0 Å². The van der Waals surface area contributed by atoms with Gasteiger partial charge in [-0.15, -0.1) is 0 Å². The maximum Gasteiger partial charge on any atom is 0.340 e. The van der Waals surface area contributed by atoms with Crippen LogP contribution < -0.4 is 5.32 Å². The van der Waals surface area contributed by atoms with Crippen LogP contribution in [-0.2, 0) is 14.0 Å². The Balaban J connectivity index is 2.21. The number of β-lactam (4-membered cyclic amide) rings is 1. The van der Waals surface area contributed by atoms with Gasteiger partial charge in [-0.3, -0.25) is 4.79 Å². The lowest BCUT2D eigenvalue weighted by Crippen LogP contribution is -2.71. The quantitative estimate of drug-likeness (QED) is 0.504. The Labute approximate surface area is 145 Å². The van der Waals surface area contributed by atoms with Gasteiger partial charge in [-0.2, -0.15) is 0 Å². The van der Waals surface area contributed by atoms with E-state index in [-0.39, 0.29) is 11.3 Å². The number of amides is 1. The van der Waals surface area contributed by atoms with E-state index in [0.29, 0.717) is 5.56 Å². The van der Waals surface area contributed by atoms with Crippen LogP contribution in [0.2, 0.25) is 13.1 Å². The minimum absolute atomic E-state index is 0.132. The topological polar surface area (TPSA) is 64.6 Å². The summed E-state index contributed by atoms with van der Waals surface area (Å²) >= 11 is 0. The fourth-order valence-electron chi connectivity index (χ4n) is 2.95. The molecular formula is C18H27NO4Si. The summed E-state index contributed by atoms with van der Waals surface area (Å²) in [6.07, 6.45) is -0.665. The van der Waals surface area contributed by atoms with E-state index in [1.807, 2.05) is 33.8 Å². The third-order valence-electron chi connectivity index (χ3n) is 4.68. The van der Waals surface area contributed by atoms with Crippen LogP contribution in [-0.4, -0.2) is 32.7 Å². The molecule has 1 amide bonds. The van der Waals surface area contributed by atoms with E-state index in [2.05, 4.69) is 18.4 Å². The summed E-state index contributed by atoms with van der Waals surface area (Å²) in [5.41, 5.74) is -0.504. The Morgan fingerprint density at radius 1 is 1.12 bits per heavy atom. The zero-order chi connectivity index (χ0) is 18.1. The van der Waals surface area contributed by atoms with Crippen LogP contribution >= 0.6 is 0 Å². The fraction of sp³-hybridized carbons (Fsp3) is 0.556. The normalized spacial score (nSPS) is 23.2. The van der Waals surface area contributed by atoms with Crippen LogP contribution in [0.15, 0.2) is 30.3 Å². The van der Waals surface area contributed by atoms with Gasteiger partial charge >= 0.3 is 5.97 Å². The summed E-state index contributed by atoms with van der Waals surface area (Å²) in [7, 11) is -1.40. The minimum atomic E-state index is -1.40. The molecule has 3 atom stereocenters. The molecule has 2 rings (SSSR count). The number of carbonyl (C=O) groups is 2. The van der Waals surface area contributed by atoms with E-state index in [0.717, 1.165) is 0 Å². The Kier molecular flexibility index (Phi) is 5.20. The zero-order valence-corrected chi connectivity index (χ0v) is 16.4. The van der Waals surface area contributed by atoms with Gasteiger partial charge in [0.05, 0.1) is 11.2 Å². The van der Waals surface area contributed by atoms with Gasteiger partial charge in [0.1, 0.15) is 5.92 Å². The van der Waals surface area contributed by atoms with Crippen LogP contribution in [0.1, 0.15) is 38.1 Å². The van der Waals surface area contributed by atoms with Crippen molar-refractivity contribution in [2.45, 2.75) is 52.6 Å². The number of hydrogen-bond acceptors (Lipinski definition) is 4. The molecule has 1 fully saturated rings. The van der Waals surface area contributed by atoms with Crippen molar-refractivity contribution in [2.24, 2.45) is 11.3 Å². The molecular weight excluding hydrogens is 322 g/mol. The molecule has 1 saturated heterocycles. The lowest BCUT2D eigenvalue weighted by molar-refractivity contribution is -0.180. The molecule has 0 unspecified atom stereocenters. The molecule has 0 saturated carbocycles. The third-order valence-corrected chi connectivity index (χ3v) is 5.64. The Hall–Kier alpha value is -1.66. The average molecular weight is 350 g/mol. The summed E-state index contributed by atoms with van der Waals surface area (Å²) in [6, 6.07) is 8.78. The summed E-state index contributed by atoms with van der Waals surface area (Å²) in [6.45, 7) is 12.2. The van der Waals surface area contributed by atoms with Crippen molar-refractivity contribution in [3.05, 3.63) is 35.9 Å². The van der Waals surface area contributed by atoms with Crippen molar-refractivity contribution >= 4 is 20.9 Å². The van der Waals surface area contributed by atoms with Crippen molar-refractivity contribution in [3.8, 4) is 0 Å². The van der Waals surface area contributed by atoms with Gasteiger partial charge < -0.3 is 14.5 Å². The summed E-state index contributed by atoms with van der Waals surface area (Å²) in [5.74, 6) is -1.09. The largest absolute Gasteiger partial charge is 0.437 e. The van der Waals surface area contributed by atoms with E-state index in [4.69, 9.17) is 9.16 Å². The van der Waals surface area contributed by atoms with Crippen molar-refractivity contribution < 1.29 is 18.8 Å². The van der Waals surface area contributed by atoms with Gasteiger partial charge in [-0.1, -0.05) is 39.0 Å². The number of nitrogens with one attached hydrogen (secondary N) is 1. The van der Waals surface area contributed by atoms with Gasteiger partial charge in [-0.05, 0) is 37.6 Å². The lowest BCUT2D eigenvalue weighted by atomic mass is 9.67. The molecule has 1 aromatic carbocycles. The number of hydrogen-bond donors (Lipinski definition) is 1. The standard InChI is InChI=1S/C18H27NO4Si/c1-17(2,3)18(4,23-24(5)6)13-14(20)19-15(13)22-16(21)12-10-8-7-9-11-12/h7-11,13,15,24H,1-6H3,(H,19,20)/t13-,15+,18+/m0/s1. The number of ether oxygens (including phenoxy) is 1. The number of benzene rings is 1. The molecule has 6 heteroatoms. The van der Waals surface area contributed by atoms with Crippen molar-refractivity contribution in [3.63, 3.8) is 0 Å². The summed E-state index contributed by atoms with van der Waals surface area (Å²) in [4.78, 5) is 24.6. The molecule has 0 aromatic heterocycles. The van der Waals surface area contributed by atoms with E-state index in [1.165, 1.54) is 0 Å². The second kappa shape index (κ2) is 6.68. The molecule has 24 heavy (non-hydrogen) atoms. The number of rotatable bonds is 5. The van der Waals surface area contributed by atoms with E-state index in [1.54, 1.807) is 24.3 Å². The summed E-state index contributed by atoms with van der Waals surface area (Å²) < 4.78 is 11.8. The zero-order valence-electron chi connectivity index (χ0n) is 15.3. The second-order valence-electron chi connectivity index (χ2n) is 7.70. The number of esters is 1. The van der Waals surface area contributed by atoms with Gasteiger partial charge in [0.2, 0.25) is 5.91 Å². The second-order valence-corrected chi connectivity index (χ2v) is 10.0. The molecule has 0 aliphatic carbocycles. The first-order chi connectivity index (χ1) is 11.1. The predicted octanol–water partition coefficient (Wildman–Crippen LogP) is 2.72. The van der Waals surface area contributed by atoms with Gasteiger partial charge in [-0.25, -0.2) is 4.79 Å². The molecule has 1 N–H and O–H groups in total. The highest BCUT2D eigenvalue weighted by Crippen LogP contribution is 2.44. The van der Waals surface area contributed by atoms with Crippen LogP contribution in [0.25, 0.3) is 0 Å². The van der Waals surface area contributed by atoms with Gasteiger partial charge in [0.15, 0.2) is 15.3 Å². The Morgan fingerprint density at radius 3 is 2.17 bits per heavy atom. The monoisotopic (exact) mass is 349 g/mol. The molecule has 1 aliphatic heterocycles. The smallest absolute Gasteiger partial charge is 0.340 e. The molecule has 5 nitrogen and oxygen atoms in total. The van der Waals surface area contributed by atoms with E-state index < -0.39 is 32.8 Å². The molecule has 0 spiro atoms. The molecule has 1 aliphatic rings. The fourth-order valence-corrected chi connectivity index (χ4v) is 4.43. The third kappa shape index (κ3) is 3.54. The van der Waals surface area contributed by atoms with Crippen LogP contribution in [0, 0.1) is 11.3 Å². The Bertz CT molecular complexity index is 611. The highest BCUT2D eigenvalue weighted by atomic mass is 28.3. The van der Waals surface area contributed by atoms with Crippen LogP contribution in [0.3, 0.4) is 0 Å². The van der Waals surface area contributed by atoms with Crippen LogP contribution in [0.5, 0.6) is 0 Å². The molecule has 1 aromatic rings. The highest BCUT2D eigenvalue weighted by molar-refractivity contribution is 6.48. The van der Waals surface area contributed by atoms with Crippen molar-refractivity contribution in [1.29, 1.82) is 0 Å². The Morgan fingerprint density at radius 2 is 1.71 bits per heavy atom. The van der Waals surface area contributed by atoms with Gasteiger partial charge in [0.25, 0.3) is 0 Å². The van der Waals surface area contributed by atoms with Crippen LogP contribution in [0.4, 0.5) is 0 Å². The first-order valence-corrected chi connectivity index (χ1v) is 11.1. The number of carbonyl (C=O) groups excluding carboxylic acids is 2. The summed E-state index contributed by atoms with van der Waals surface area (Å²) in [5, 5.41) is 2.70. The predicted molar refractivity (Wildman–Crippen MR) is 95.1 cm³/mol. The van der Waals surface area contributed by atoms with Crippen molar-refractivity contribution in [2.75, 3.05) is 0 Å². The first-order valence-electron chi connectivity index (χ1n) is 8.30. The molecule has 1 heterocycles. The van der Waals surface area contributed by atoms with Gasteiger partial charge in [0, 0.05) is 0 Å². The SMILES string of the molecule is C[SiH](C)O[C@](C)([C@H]1C(=O)N[C@@H]1OC(=O)c1ccccc1)C(C)(C)C. The first kappa shape index (κ1) is 18.7. The maximum atomic E-state index is 12.3. The maximum absolute atomic E-state index is 12.3. The van der Waals surface area contributed by atoms with Crippen molar-refractivity contribution in [1.82, 2.24) is 5.32 Å².